The molecule has 2 saturated carbocycles. The minimum absolute atomic E-state index is 0.713. The van der Waals surface area contributed by atoms with Crippen molar-refractivity contribution in [1.29, 1.82) is 0 Å². The van der Waals surface area contributed by atoms with E-state index in [-0.39, 0.29) is 0 Å². The van der Waals surface area contributed by atoms with E-state index in [2.05, 4.69) is 14.7 Å². The molecule has 0 aromatic carbocycles. The summed E-state index contributed by atoms with van der Waals surface area (Å²) in [5, 5.41) is 4.40. The molecule has 0 radical (unpaired) electrons. The van der Waals surface area contributed by atoms with Crippen molar-refractivity contribution in [3.63, 3.8) is 0 Å². The summed E-state index contributed by atoms with van der Waals surface area (Å²) in [6, 6.07) is 0.713. The largest absolute Gasteiger partial charge is 0.357 e. The smallest absolute Gasteiger partial charge is 0.202 e. The van der Waals surface area contributed by atoms with Crippen molar-refractivity contribution in [2.75, 3.05) is 5.32 Å². The molecule has 2 aliphatic rings. The minimum atomic E-state index is 0.713. The number of nitrogens with one attached hydrogen (secondary N) is 1. The first-order chi connectivity index (χ1) is 5.93. The van der Waals surface area contributed by atoms with Crippen molar-refractivity contribution in [3.05, 3.63) is 6.33 Å². The Morgan fingerprint density at radius 3 is 3.08 bits per heavy atom. The molecule has 1 N–H and O–H groups in total. The second-order valence-electron chi connectivity index (χ2n) is 3.73. The number of anilines is 1. The third-order valence-corrected chi connectivity index (χ3v) is 3.33. The fourth-order valence-electron chi connectivity index (χ4n) is 1.82. The molecule has 2 fully saturated rings. The molecule has 0 amide bonds. The van der Waals surface area contributed by atoms with Gasteiger partial charge in [-0.2, -0.15) is 4.37 Å². The Morgan fingerprint density at radius 1 is 1.50 bits per heavy atom. The molecule has 0 aliphatic heterocycles. The van der Waals surface area contributed by atoms with Gasteiger partial charge in [-0.25, -0.2) is 4.98 Å². The lowest BCUT2D eigenvalue weighted by atomic mass is 10.3. The third kappa shape index (κ3) is 1.20. The Bertz CT molecular complexity index is 268. The maximum atomic E-state index is 4.11. The monoisotopic (exact) mass is 181 g/mol. The van der Waals surface area contributed by atoms with E-state index in [1.165, 1.54) is 30.8 Å². The SMILES string of the molecule is c1nsc(NC2CC2C2CC2)n1. The highest BCUT2D eigenvalue weighted by molar-refractivity contribution is 7.09. The van der Waals surface area contributed by atoms with E-state index >= 15 is 0 Å². The predicted octanol–water partition coefficient (Wildman–Crippen LogP) is 1.75. The van der Waals surface area contributed by atoms with Crippen LogP contribution in [0.1, 0.15) is 19.3 Å². The number of rotatable bonds is 3. The molecule has 0 saturated heterocycles. The van der Waals surface area contributed by atoms with E-state index in [0.717, 1.165) is 17.0 Å². The zero-order valence-electron chi connectivity index (χ0n) is 6.73. The van der Waals surface area contributed by atoms with Gasteiger partial charge in [-0.3, -0.25) is 0 Å². The number of hydrogen-bond donors (Lipinski definition) is 1. The Kier molecular flexibility index (Phi) is 1.38. The van der Waals surface area contributed by atoms with Gasteiger partial charge >= 0.3 is 0 Å². The van der Waals surface area contributed by atoms with E-state index in [0.29, 0.717) is 6.04 Å². The third-order valence-electron chi connectivity index (χ3n) is 2.74. The van der Waals surface area contributed by atoms with E-state index in [1.54, 1.807) is 6.33 Å². The van der Waals surface area contributed by atoms with Crippen LogP contribution >= 0.6 is 11.5 Å². The number of nitrogens with zero attached hydrogens (tertiary/aromatic N) is 2. The molecule has 4 heteroatoms. The normalized spacial score (nSPS) is 33.3. The Labute approximate surface area is 75.4 Å². The maximum Gasteiger partial charge on any atom is 0.202 e. The van der Waals surface area contributed by atoms with Crippen LogP contribution in [0.25, 0.3) is 0 Å². The lowest BCUT2D eigenvalue weighted by Gasteiger charge is -1.98. The van der Waals surface area contributed by atoms with Crippen LogP contribution in [0.3, 0.4) is 0 Å². The molecular weight excluding hydrogens is 170 g/mol. The second kappa shape index (κ2) is 2.42. The first-order valence-electron chi connectivity index (χ1n) is 4.47. The molecule has 1 aromatic heterocycles. The van der Waals surface area contributed by atoms with Crippen LogP contribution < -0.4 is 5.32 Å². The first kappa shape index (κ1) is 6.83. The quantitative estimate of drug-likeness (QED) is 0.772. The summed E-state index contributed by atoms with van der Waals surface area (Å²) >= 11 is 1.45. The van der Waals surface area contributed by atoms with Crippen molar-refractivity contribution in [3.8, 4) is 0 Å². The minimum Gasteiger partial charge on any atom is -0.357 e. The highest BCUT2D eigenvalue weighted by atomic mass is 32.1. The number of hydrogen-bond acceptors (Lipinski definition) is 4. The van der Waals surface area contributed by atoms with Gasteiger partial charge in [-0.05, 0) is 31.1 Å². The molecule has 12 heavy (non-hydrogen) atoms. The lowest BCUT2D eigenvalue weighted by Crippen LogP contribution is -2.04. The van der Waals surface area contributed by atoms with Gasteiger partial charge in [0, 0.05) is 17.6 Å². The van der Waals surface area contributed by atoms with Crippen LogP contribution in [-0.4, -0.2) is 15.4 Å². The molecule has 0 spiro atoms. The van der Waals surface area contributed by atoms with Crippen LogP contribution in [0.2, 0.25) is 0 Å². The van der Waals surface area contributed by atoms with Crippen molar-refractivity contribution in [1.82, 2.24) is 9.36 Å². The summed E-state index contributed by atoms with van der Waals surface area (Å²) in [5.41, 5.74) is 0. The maximum absolute atomic E-state index is 4.11. The summed E-state index contributed by atoms with van der Waals surface area (Å²) in [4.78, 5) is 4.11. The first-order valence-corrected chi connectivity index (χ1v) is 5.24. The molecular formula is C8H11N3S. The van der Waals surface area contributed by atoms with E-state index in [4.69, 9.17) is 0 Å². The zero-order valence-corrected chi connectivity index (χ0v) is 7.55. The fourth-order valence-corrected chi connectivity index (χ4v) is 2.31. The van der Waals surface area contributed by atoms with Gasteiger partial charge in [-0.15, -0.1) is 0 Å². The average molecular weight is 181 g/mol. The highest BCUT2D eigenvalue weighted by Crippen LogP contribution is 2.51. The zero-order chi connectivity index (χ0) is 7.97. The van der Waals surface area contributed by atoms with E-state index < -0.39 is 0 Å². The van der Waals surface area contributed by atoms with Gasteiger partial charge < -0.3 is 5.32 Å². The molecule has 0 bridgehead atoms. The lowest BCUT2D eigenvalue weighted by molar-refractivity contribution is 0.697. The van der Waals surface area contributed by atoms with Crippen molar-refractivity contribution in [2.45, 2.75) is 25.3 Å². The summed E-state index contributed by atoms with van der Waals surface area (Å²) < 4.78 is 3.96. The van der Waals surface area contributed by atoms with Crippen LogP contribution in [0, 0.1) is 11.8 Å². The predicted molar refractivity (Wildman–Crippen MR) is 48.2 cm³/mol. The summed E-state index contributed by atoms with van der Waals surface area (Å²) in [7, 11) is 0. The van der Waals surface area contributed by atoms with Crippen molar-refractivity contribution < 1.29 is 0 Å². The molecule has 1 aromatic rings. The van der Waals surface area contributed by atoms with E-state index in [1.807, 2.05) is 0 Å². The number of aromatic nitrogens is 2. The van der Waals surface area contributed by atoms with E-state index in [9.17, 15) is 0 Å². The highest BCUT2D eigenvalue weighted by Gasteiger charge is 2.47. The average Bonchev–Trinajstić information content (AvgIpc) is 2.91. The van der Waals surface area contributed by atoms with Gasteiger partial charge in [0.05, 0.1) is 0 Å². The summed E-state index contributed by atoms with van der Waals surface area (Å²) in [5.74, 6) is 1.99. The standard InChI is InChI=1S/C8H11N3S/c1-2-5(1)6-3-7(6)11-8-9-4-10-12-8/h4-7H,1-3H2,(H,9,10,11). The molecule has 2 unspecified atom stereocenters. The van der Waals surface area contributed by atoms with Gasteiger partial charge in [-0.1, -0.05) is 0 Å². The van der Waals surface area contributed by atoms with Gasteiger partial charge in [0.1, 0.15) is 6.33 Å². The van der Waals surface area contributed by atoms with Crippen LogP contribution in [0.15, 0.2) is 6.33 Å². The molecule has 2 aliphatic carbocycles. The van der Waals surface area contributed by atoms with Crippen LogP contribution in [0.5, 0.6) is 0 Å². The topological polar surface area (TPSA) is 37.8 Å². The molecule has 1 heterocycles. The fraction of sp³-hybridized carbons (Fsp3) is 0.750. The summed E-state index contributed by atoms with van der Waals surface area (Å²) in [6.45, 7) is 0. The van der Waals surface area contributed by atoms with Gasteiger partial charge in [0.2, 0.25) is 5.13 Å². The van der Waals surface area contributed by atoms with Crippen LogP contribution in [0.4, 0.5) is 5.13 Å². The van der Waals surface area contributed by atoms with Gasteiger partial charge in [0.25, 0.3) is 0 Å². The van der Waals surface area contributed by atoms with Gasteiger partial charge in [0.15, 0.2) is 0 Å². The Morgan fingerprint density at radius 2 is 2.42 bits per heavy atom. The summed E-state index contributed by atoms with van der Waals surface area (Å²) in [6.07, 6.45) is 5.88. The molecule has 3 rings (SSSR count). The Hall–Kier alpha value is -0.640. The molecule has 64 valence electrons. The molecule has 3 nitrogen and oxygen atoms in total. The molecule has 2 atom stereocenters. The Balaban J connectivity index is 1.57. The van der Waals surface area contributed by atoms with Crippen LogP contribution in [-0.2, 0) is 0 Å². The van der Waals surface area contributed by atoms with Crippen molar-refractivity contribution in [2.24, 2.45) is 11.8 Å². The van der Waals surface area contributed by atoms with Crippen molar-refractivity contribution >= 4 is 16.7 Å². The second-order valence-corrected chi connectivity index (χ2v) is 4.51.